The summed E-state index contributed by atoms with van der Waals surface area (Å²) in [6.07, 6.45) is 0. The van der Waals surface area contributed by atoms with Gasteiger partial charge >= 0.3 is 0 Å². The highest BCUT2D eigenvalue weighted by molar-refractivity contribution is 6.23. The molecule has 9 aromatic rings. The average Bonchev–Trinajstić information content (AvgIpc) is 3.52. The average molecular weight is 588 g/mol. The van der Waals surface area contributed by atoms with Crippen LogP contribution in [0, 0.1) is 0 Å². The van der Waals surface area contributed by atoms with Crippen molar-refractivity contribution < 1.29 is 4.42 Å². The lowest BCUT2D eigenvalue weighted by Gasteiger charge is -2.28. The molecule has 2 nitrogen and oxygen atoms in total. The maximum absolute atomic E-state index is 6.77. The van der Waals surface area contributed by atoms with E-state index in [0.717, 1.165) is 44.4 Å². The van der Waals surface area contributed by atoms with Gasteiger partial charge in [-0.1, -0.05) is 140 Å². The zero-order valence-electron chi connectivity index (χ0n) is 25.1. The number of rotatable bonds is 5. The fourth-order valence-electron chi connectivity index (χ4n) is 6.94. The van der Waals surface area contributed by atoms with Gasteiger partial charge in [-0.3, -0.25) is 0 Å². The minimum absolute atomic E-state index is 0.868. The van der Waals surface area contributed by atoms with E-state index in [9.17, 15) is 0 Å². The van der Waals surface area contributed by atoms with Gasteiger partial charge in [-0.2, -0.15) is 0 Å². The quantitative estimate of drug-likeness (QED) is 0.199. The van der Waals surface area contributed by atoms with Gasteiger partial charge in [0.1, 0.15) is 11.2 Å². The number of benzene rings is 8. The van der Waals surface area contributed by atoms with Crippen LogP contribution in [-0.4, -0.2) is 0 Å². The monoisotopic (exact) mass is 587 g/mol. The molecule has 0 aliphatic carbocycles. The second kappa shape index (κ2) is 10.8. The SMILES string of the molecule is c1ccc(-c2cccc(N(c3cccc4ccccc34)c3cccc4oc5c6ccccc6c(-c6ccccc6)cc5c34)c2)cc1. The summed E-state index contributed by atoms with van der Waals surface area (Å²) in [6.45, 7) is 0. The van der Waals surface area contributed by atoms with E-state index in [0.29, 0.717) is 0 Å². The molecule has 2 heteroatoms. The fraction of sp³-hybridized carbons (Fsp3) is 0. The third kappa shape index (κ3) is 4.27. The zero-order valence-corrected chi connectivity index (χ0v) is 25.1. The van der Waals surface area contributed by atoms with E-state index in [2.05, 4.69) is 181 Å². The van der Waals surface area contributed by atoms with Gasteiger partial charge < -0.3 is 9.32 Å². The van der Waals surface area contributed by atoms with Crippen molar-refractivity contribution in [1.29, 1.82) is 0 Å². The molecule has 0 N–H and O–H groups in total. The number of hydrogen-bond acceptors (Lipinski definition) is 2. The summed E-state index contributed by atoms with van der Waals surface area (Å²) in [6, 6.07) is 62.6. The van der Waals surface area contributed by atoms with Crippen LogP contribution < -0.4 is 4.90 Å². The normalized spacial score (nSPS) is 11.5. The molecule has 0 saturated carbocycles. The Morgan fingerprint density at radius 1 is 0.391 bits per heavy atom. The predicted octanol–water partition coefficient (Wildman–Crippen LogP) is 12.7. The molecule has 1 heterocycles. The molecule has 9 rings (SSSR count). The Morgan fingerprint density at radius 3 is 1.83 bits per heavy atom. The van der Waals surface area contributed by atoms with Gasteiger partial charge in [-0.05, 0) is 69.4 Å². The molecular formula is C44H29NO. The van der Waals surface area contributed by atoms with Crippen LogP contribution in [-0.2, 0) is 0 Å². The molecule has 0 fully saturated rings. The molecule has 8 aromatic carbocycles. The topological polar surface area (TPSA) is 16.4 Å². The first kappa shape index (κ1) is 26.3. The van der Waals surface area contributed by atoms with Gasteiger partial charge in [0.05, 0.1) is 16.8 Å². The Kier molecular flexibility index (Phi) is 6.17. The summed E-state index contributed by atoms with van der Waals surface area (Å²) in [5.41, 5.74) is 9.81. The first-order chi connectivity index (χ1) is 22.8. The Morgan fingerprint density at radius 2 is 1.00 bits per heavy atom. The lowest BCUT2D eigenvalue weighted by Crippen LogP contribution is -2.11. The van der Waals surface area contributed by atoms with E-state index in [1.54, 1.807) is 0 Å². The lowest BCUT2D eigenvalue weighted by atomic mass is 9.95. The smallest absolute Gasteiger partial charge is 0.143 e. The molecule has 46 heavy (non-hydrogen) atoms. The van der Waals surface area contributed by atoms with Crippen molar-refractivity contribution in [3.05, 3.63) is 176 Å². The van der Waals surface area contributed by atoms with E-state index in [4.69, 9.17) is 4.42 Å². The third-order valence-electron chi connectivity index (χ3n) is 9.03. The van der Waals surface area contributed by atoms with Crippen molar-refractivity contribution in [2.24, 2.45) is 0 Å². The van der Waals surface area contributed by atoms with Gasteiger partial charge in [0, 0.05) is 21.8 Å². The number of furan rings is 1. The Hall–Kier alpha value is -6.12. The van der Waals surface area contributed by atoms with Gasteiger partial charge in [0.2, 0.25) is 0 Å². The van der Waals surface area contributed by atoms with Crippen LogP contribution in [0.3, 0.4) is 0 Å². The maximum Gasteiger partial charge on any atom is 0.143 e. The van der Waals surface area contributed by atoms with Crippen molar-refractivity contribution >= 4 is 60.5 Å². The van der Waals surface area contributed by atoms with Gasteiger partial charge in [0.25, 0.3) is 0 Å². The molecule has 0 radical (unpaired) electrons. The molecule has 0 aliphatic heterocycles. The molecule has 0 amide bonds. The summed E-state index contributed by atoms with van der Waals surface area (Å²) in [5.74, 6) is 0. The molecule has 0 bridgehead atoms. The highest BCUT2D eigenvalue weighted by Gasteiger charge is 2.23. The Bertz CT molecular complexity index is 2520. The highest BCUT2D eigenvalue weighted by Crippen LogP contribution is 2.47. The van der Waals surface area contributed by atoms with Crippen LogP contribution >= 0.6 is 0 Å². The summed E-state index contributed by atoms with van der Waals surface area (Å²) < 4.78 is 6.77. The van der Waals surface area contributed by atoms with Crippen LogP contribution in [0.4, 0.5) is 17.1 Å². The van der Waals surface area contributed by atoms with Gasteiger partial charge in [0.15, 0.2) is 0 Å². The van der Waals surface area contributed by atoms with Crippen LogP contribution in [0.5, 0.6) is 0 Å². The fourth-order valence-corrected chi connectivity index (χ4v) is 6.94. The number of nitrogens with zero attached hydrogens (tertiary/aromatic N) is 1. The third-order valence-corrected chi connectivity index (χ3v) is 9.03. The molecular weight excluding hydrogens is 558 g/mol. The standard InChI is InChI=1S/C44H29NO/c1-3-14-30(15-4-1)33-20-11-21-34(28-33)45(40-25-12-19-31-18-7-8-22-35(31)40)41-26-13-27-42-43(41)39-29-38(32-16-5-2-6-17-32)36-23-9-10-24-37(36)44(39)46-42/h1-29H. The number of anilines is 3. The first-order valence-electron chi connectivity index (χ1n) is 15.7. The minimum Gasteiger partial charge on any atom is -0.455 e. The summed E-state index contributed by atoms with van der Waals surface area (Å²) in [4.78, 5) is 2.41. The van der Waals surface area contributed by atoms with Crippen LogP contribution in [0.25, 0.3) is 65.7 Å². The molecule has 0 atom stereocenters. The molecule has 1 aromatic heterocycles. The summed E-state index contributed by atoms with van der Waals surface area (Å²) in [5, 5.41) is 6.89. The zero-order chi connectivity index (χ0) is 30.5. The second-order valence-corrected chi connectivity index (χ2v) is 11.7. The largest absolute Gasteiger partial charge is 0.455 e. The summed E-state index contributed by atoms with van der Waals surface area (Å²) >= 11 is 0. The molecule has 0 spiro atoms. The lowest BCUT2D eigenvalue weighted by molar-refractivity contribution is 0.672. The van der Waals surface area contributed by atoms with Crippen molar-refractivity contribution in [3.63, 3.8) is 0 Å². The first-order valence-corrected chi connectivity index (χ1v) is 15.7. The van der Waals surface area contributed by atoms with Crippen molar-refractivity contribution in [2.75, 3.05) is 4.90 Å². The minimum atomic E-state index is 0.868. The van der Waals surface area contributed by atoms with Gasteiger partial charge in [-0.15, -0.1) is 0 Å². The van der Waals surface area contributed by atoms with Crippen molar-refractivity contribution in [2.45, 2.75) is 0 Å². The molecule has 216 valence electrons. The highest BCUT2D eigenvalue weighted by atomic mass is 16.3. The Balaban J connectivity index is 1.38. The Labute approximate surface area is 267 Å². The second-order valence-electron chi connectivity index (χ2n) is 11.7. The van der Waals surface area contributed by atoms with Crippen LogP contribution in [0.1, 0.15) is 0 Å². The van der Waals surface area contributed by atoms with E-state index in [1.165, 1.54) is 38.4 Å². The number of hydrogen-bond donors (Lipinski definition) is 0. The maximum atomic E-state index is 6.77. The van der Waals surface area contributed by atoms with Crippen molar-refractivity contribution in [3.8, 4) is 22.3 Å². The predicted molar refractivity (Wildman–Crippen MR) is 194 cm³/mol. The van der Waals surface area contributed by atoms with E-state index < -0.39 is 0 Å². The molecule has 0 aliphatic rings. The molecule has 0 saturated heterocycles. The number of fused-ring (bicyclic) bond motifs is 6. The summed E-state index contributed by atoms with van der Waals surface area (Å²) in [7, 11) is 0. The van der Waals surface area contributed by atoms with E-state index >= 15 is 0 Å². The van der Waals surface area contributed by atoms with Crippen LogP contribution in [0.15, 0.2) is 180 Å². The van der Waals surface area contributed by atoms with Crippen LogP contribution in [0.2, 0.25) is 0 Å². The van der Waals surface area contributed by atoms with Crippen molar-refractivity contribution in [1.82, 2.24) is 0 Å². The van der Waals surface area contributed by atoms with E-state index in [1.807, 2.05) is 0 Å². The molecule has 0 unspecified atom stereocenters. The van der Waals surface area contributed by atoms with E-state index in [-0.39, 0.29) is 0 Å². The van der Waals surface area contributed by atoms with Gasteiger partial charge in [-0.25, -0.2) is 0 Å².